The number of nitriles is 1. The van der Waals surface area contributed by atoms with Gasteiger partial charge in [0, 0.05) is 44.6 Å². The molecular weight excluding hydrogens is 355 g/mol. The van der Waals surface area contributed by atoms with Gasteiger partial charge in [0.15, 0.2) is 0 Å². The fraction of sp³-hybridized carbons (Fsp3) is 0.600. The molecule has 2 heterocycles. The quantitative estimate of drug-likeness (QED) is 0.790. The van der Waals surface area contributed by atoms with Gasteiger partial charge < -0.3 is 9.80 Å². The number of nitrogens with zero attached hydrogens (tertiary/aromatic N) is 3. The Bertz CT molecular complexity index is 786. The molecule has 3 aliphatic rings. The van der Waals surface area contributed by atoms with Crippen molar-refractivity contribution in [2.45, 2.75) is 63.1 Å². The third-order valence-electron chi connectivity index (χ3n) is 6.26. The lowest BCUT2D eigenvalue weighted by Crippen LogP contribution is -2.49. The van der Waals surface area contributed by atoms with E-state index in [1.54, 1.807) is 4.90 Å². The van der Waals surface area contributed by atoms with Gasteiger partial charge in [0.25, 0.3) is 5.91 Å². The zero-order chi connectivity index (χ0) is 19.2. The number of piperidine rings is 1. The van der Waals surface area contributed by atoms with Gasteiger partial charge in [-0.05, 0) is 43.4 Å². The van der Waals surface area contributed by atoms with Crippen LogP contribution in [0.4, 0.5) is 13.2 Å². The van der Waals surface area contributed by atoms with Crippen molar-refractivity contribution >= 4 is 5.91 Å². The van der Waals surface area contributed by atoms with Gasteiger partial charge in [-0.25, -0.2) is 13.2 Å². The van der Waals surface area contributed by atoms with Crippen molar-refractivity contribution in [2.24, 2.45) is 0 Å². The van der Waals surface area contributed by atoms with Crippen molar-refractivity contribution in [2.75, 3.05) is 13.1 Å². The van der Waals surface area contributed by atoms with Crippen molar-refractivity contribution in [3.63, 3.8) is 0 Å². The van der Waals surface area contributed by atoms with E-state index in [2.05, 4.69) is 4.90 Å². The molecule has 1 saturated carbocycles. The van der Waals surface area contributed by atoms with Gasteiger partial charge in [-0.2, -0.15) is 5.26 Å². The molecule has 0 N–H and O–H groups in total. The molecule has 1 aromatic rings. The molecule has 1 aromatic carbocycles. The van der Waals surface area contributed by atoms with E-state index >= 15 is 0 Å². The van der Waals surface area contributed by atoms with E-state index in [0.29, 0.717) is 30.5 Å². The van der Waals surface area contributed by atoms with E-state index in [4.69, 9.17) is 0 Å². The molecular formula is C20H22F3N3O. The number of amides is 1. The number of rotatable bonds is 2. The van der Waals surface area contributed by atoms with Crippen LogP contribution in [0.2, 0.25) is 0 Å². The molecule has 0 spiro atoms. The largest absolute Gasteiger partial charge is 0.331 e. The zero-order valence-electron chi connectivity index (χ0n) is 15.1. The standard InChI is InChI=1S/C20H22F3N3O/c21-15-9-13(11-24)18-14(10-15)12-26(19(18)27)17-3-7-25(8-4-17)16-1-5-20(22,23)6-2-16/h9-10,16-17H,1-8,12H2. The number of carbonyl (C=O) groups is 1. The molecule has 4 rings (SSSR count). The average Bonchev–Trinajstić information content (AvgIpc) is 2.97. The van der Waals surface area contributed by atoms with Crippen LogP contribution in [0.3, 0.4) is 0 Å². The molecule has 0 unspecified atom stereocenters. The normalized spacial score (nSPS) is 24.1. The molecule has 0 aromatic heterocycles. The summed E-state index contributed by atoms with van der Waals surface area (Å²) in [6.07, 6.45) is 2.52. The maximum absolute atomic E-state index is 13.7. The molecule has 0 radical (unpaired) electrons. The van der Waals surface area contributed by atoms with Crippen LogP contribution in [0.1, 0.15) is 60.0 Å². The molecule has 0 bridgehead atoms. The molecule has 2 fully saturated rings. The summed E-state index contributed by atoms with van der Waals surface area (Å²) >= 11 is 0. The highest BCUT2D eigenvalue weighted by Gasteiger charge is 2.40. The molecule has 0 atom stereocenters. The topological polar surface area (TPSA) is 47.3 Å². The third kappa shape index (κ3) is 3.43. The summed E-state index contributed by atoms with van der Waals surface area (Å²) in [5.74, 6) is -3.21. The van der Waals surface area contributed by atoms with Crippen LogP contribution in [0, 0.1) is 17.1 Å². The Morgan fingerprint density at radius 2 is 1.74 bits per heavy atom. The van der Waals surface area contributed by atoms with Crippen LogP contribution >= 0.6 is 0 Å². The van der Waals surface area contributed by atoms with Gasteiger partial charge in [0.05, 0.1) is 11.1 Å². The Hall–Kier alpha value is -2.07. The van der Waals surface area contributed by atoms with Gasteiger partial charge >= 0.3 is 0 Å². The summed E-state index contributed by atoms with van der Waals surface area (Å²) in [7, 11) is 0. The number of hydrogen-bond donors (Lipinski definition) is 0. The second-order valence-electron chi connectivity index (χ2n) is 7.89. The smallest absolute Gasteiger partial charge is 0.256 e. The third-order valence-corrected chi connectivity index (χ3v) is 6.26. The Kier molecular flexibility index (Phi) is 4.63. The first-order valence-electron chi connectivity index (χ1n) is 9.53. The lowest BCUT2D eigenvalue weighted by molar-refractivity contribution is -0.0574. The van der Waals surface area contributed by atoms with Crippen LogP contribution in [0.25, 0.3) is 0 Å². The maximum Gasteiger partial charge on any atom is 0.256 e. The molecule has 7 heteroatoms. The number of alkyl halides is 2. The Morgan fingerprint density at radius 3 is 2.37 bits per heavy atom. The van der Waals surface area contributed by atoms with E-state index in [1.165, 1.54) is 6.07 Å². The predicted octanol–water partition coefficient (Wildman–Crippen LogP) is 3.70. The minimum absolute atomic E-state index is 0.0417. The predicted molar refractivity (Wildman–Crippen MR) is 92.8 cm³/mol. The van der Waals surface area contributed by atoms with Gasteiger partial charge in [-0.3, -0.25) is 4.79 Å². The highest BCUT2D eigenvalue weighted by atomic mass is 19.3. The lowest BCUT2D eigenvalue weighted by atomic mass is 9.89. The van der Waals surface area contributed by atoms with Gasteiger partial charge in [0.2, 0.25) is 5.92 Å². The van der Waals surface area contributed by atoms with Gasteiger partial charge in [-0.15, -0.1) is 0 Å². The molecule has 27 heavy (non-hydrogen) atoms. The molecule has 1 amide bonds. The van der Waals surface area contributed by atoms with Gasteiger partial charge in [-0.1, -0.05) is 0 Å². The Balaban J connectivity index is 1.40. The second-order valence-corrected chi connectivity index (χ2v) is 7.89. The fourth-order valence-electron chi connectivity index (χ4n) is 4.78. The summed E-state index contributed by atoms with van der Waals surface area (Å²) in [6.45, 7) is 1.89. The molecule has 144 valence electrons. The number of hydrogen-bond acceptors (Lipinski definition) is 3. The number of fused-ring (bicyclic) bond motifs is 1. The molecule has 1 aliphatic carbocycles. The number of halogens is 3. The van der Waals surface area contributed by atoms with Crippen molar-refractivity contribution in [1.29, 1.82) is 5.26 Å². The monoisotopic (exact) mass is 377 g/mol. The SMILES string of the molecule is N#Cc1cc(F)cc2c1C(=O)N(C1CCN(C3CCC(F)(F)CC3)CC1)C2. The van der Waals surface area contributed by atoms with Crippen molar-refractivity contribution in [3.05, 3.63) is 34.6 Å². The maximum atomic E-state index is 13.7. The van der Waals surface area contributed by atoms with E-state index < -0.39 is 11.7 Å². The zero-order valence-corrected chi connectivity index (χ0v) is 15.1. The van der Waals surface area contributed by atoms with Gasteiger partial charge in [0.1, 0.15) is 11.9 Å². The van der Waals surface area contributed by atoms with E-state index in [-0.39, 0.29) is 36.4 Å². The second kappa shape index (κ2) is 6.83. The summed E-state index contributed by atoms with van der Waals surface area (Å²) in [5, 5.41) is 9.21. The Labute approximate surface area is 156 Å². The van der Waals surface area contributed by atoms with Crippen LogP contribution in [-0.4, -0.2) is 46.8 Å². The lowest BCUT2D eigenvalue weighted by Gasteiger charge is -2.42. The fourth-order valence-corrected chi connectivity index (χ4v) is 4.78. The first-order chi connectivity index (χ1) is 12.9. The van der Waals surface area contributed by atoms with E-state index in [1.807, 2.05) is 6.07 Å². The van der Waals surface area contributed by atoms with Crippen molar-refractivity contribution in [3.8, 4) is 6.07 Å². The van der Waals surface area contributed by atoms with Crippen molar-refractivity contribution < 1.29 is 18.0 Å². The summed E-state index contributed by atoms with van der Waals surface area (Å²) in [4.78, 5) is 16.8. The number of benzene rings is 1. The minimum atomic E-state index is -2.52. The Morgan fingerprint density at radius 1 is 1.07 bits per heavy atom. The highest BCUT2D eigenvalue weighted by molar-refractivity contribution is 6.00. The molecule has 1 saturated heterocycles. The average molecular weight is 377 g/mol. The first-order valence-corrected chi connectivity index (χ1v) is 9.53. The van der Waals surface area contributed by atoms with Crippen LogP contribution < -0.4 is 0 Å². The first kappa shape index (κ1) is 18.3. The highest BCUT2D eigenvalue weighted by Crippen LogP contribution is 2.37. The van der Waals surface area contributed by atoms with Crippen molar-refractivity contribution in [1.82, 2.24) is 9.80 Å². The molecule has 2 aliphatic heterocycles. The van der Waals surface area contributed by atoms with Crippen LogP contribution in [0.15, 0.2) is 12.1 Å². The summed E-state index contributed by atoms with van der Waals surface area (Å²) in [6, 6.07) is 4.62. The summed E-state index contributed by atoms with van der Waals surface area (Å²) in [5.41, 5.74) is 1.00. The van der Waals surface area contributed by atoms with E-state index in [9.17, 15) is 23.2 Å². The van der Waals surface area contributed by atoms with E-state index in [0.717, 1.165) is 32.0 Å². The van der Waals surface area contributed by atoms with Crippen LogP contribution in [-0.2, 0) is 6.54 Å². The number of carbonyl (C=O) groups excluding carboxylic acids is 1. The molecule has 4 nitrogen and oxygen atoms in total. The number of likely N-dealkylation sites (tertiary alicyclic amines) is 1. The summed E-state index contributed by atoms with van der Waals surface area (Å²) < 4.78 is 40.4. The van der Waals surface area contributed by atoms with Crippen LogP contribution in [0.5, 0.6) is 0 Å². The minimum Gasteiger partial charge on any atom is -0.331 e.